The van der Waals surface area contributed by atoms with E-state index in [1.54, 1.807) is 0 Å². The highest BCUT2D eigenvalue weighted by molar-refractivity contribution is 5.74. The molecular weight excluding hydrogens is 132 g/mol. The van der Waals surface area contributed by atoms with Crippen molar-refractivity contribution in [3.8, 4) is 0 Å². The number of fused-ring (bicyclic) bond motifs is 1. The van der Waals surface area contributed by atoms with E-state index < -0.39 is 0 Å². The fraction of sp³-hybridized carbons (Fsp3) is 0.714. The van der Waals surface area contributed by atoms with Crippen molar-refractivity contribution in [2.75, 3.05) is 0 Å². The minimum atomic E-state index is -0.139. The number of carbonyl (C=O) groups is 2. The molecule has 0 bridgehead atoms. The Kier molecular flexibility index (Phi) is 1.07. The molecule has 0 aromatic carbocycles. The van der Waals surface area contributed by atoms with E-state index in [0.717, 1.165) is 12.7 Å². The van der Waals surface area contributed by atoms with Crippen LogP contribution >= 0.6 is 0 Å². The monoisotopic (exact) mass is 140 g/mol. The number of esters is 1. The zero-order chi connectivity index (χ0) is 7.14. The molecule has 0 aromatic heterocycles. The van der Waals surface area contributed by atoms with Crippen LogP contribution < -0.4 is 0 Å². The van der Waals surface area contributed by atoms with E-state index in [9.17, 15) is 9.59 Å². The minimum absolute atomic E-state index is 0.0719. The first-order valence-electron chi connectivity index (χ1n) is 3.46. The van der Waals surface area contributed by atoms with Gasteiger partial charge in [-0.15, -0.1) is 0 Å². The predicted octanol–water partition coefficient (Wildman–Crippen LogP) is 0.137. The number of hydrogen-bond donors (Lipinski definition) is 0. The van der Waals surface area contributed by atoms with Gasteiger partial charge in [0.1, 0.15) is 12.4 Å². The standard InChI is InChI=1S/C7H8O3/c8-3-4-1-6-5(4)2-7(9)10-6/h3-6H,1-2H2/t4?,5-,6+/m1/s1. The maximum atomic E-state index is 10.6. The molecule has 2 rings (SSSR count). The second kappa shape index (κ2) is 1.81. The summed E-state index contributed by atoms with van der Waals surface area (Å²) in [7, 11) is 0. The van der Waals surface area contributed by atoms with Crippen molar-refractivity contribution in [1.29, 1.82) is 0 Å². The van der Waals surface area contributed by atoms with Crippen LogP contribution in [0.5, 0.6) is 0 Å². The van der Waals surface area contributed by atoms with Crippen LogP contribution in [0.15, 0.2) is 0 Å². The lowest BCUT2D eigenvalue weighted by molar-refractivity contribution is -0.145. The first-order chi connectivity index (χ1) is 4.81. The van der Waals surface area contributed by atoms with Crippen LogP contribution in [-0.4, -0.2) is 18.4 Å². The largest absolute Gasteiger partial charge is 0.462 e. The topological polar surface area (TPSA) is 43.4 Å². The van der Waals surface area contributed by atoms with Crippen LogP contribution in [0.1, 0.15) is 12.8 Å². The third-order valence-electron chi connectivity index (χ3n) is 2.39. The van der Waals surface area contributed by atoms with Gasteiger partial charge in [0, 0.05) is 11.8 Å². The van der Waals surface area contributed by atoms with Gasteiger partial charge in [0.2, 0.25) is 0 Å². The Balaban J connectivity index is 2.05. The summed E-state index contributed by atoms with van der Waals surface area (Å²) in [6.45, 7) is 0. The number of carbonyl (C=O) groups excluding carboxylic acids is 2. The highest BCUT2D eigenvalue weighted by Crippen LogP contribution is 2.42. The van der Waals surface area contributed by atoms with Crippen molar-refractivity contribution in [1.82, 2.24) is 0 Å². The van der Waals surface area contributed by atoms with Crippen molar-refractivity contribution >= 4 is 12.3 Å². The van der Waals surface area contributed by atoms with Crippen molar-refractivity contribution < 1.29 is 14.3 Å². The number of aldehydes is 1. The van der Waals surface area contributed by atoms with Gasteiger partial charge in [0.05, 0.1) is 6.42 Å². The molecule has 0 radical (unpaired) electrons. The van der Waals surface area contributed by atoms with Gasteiger partial charge in [0.25, 0.3) is 0 Å². The summed E-state index contributed by atoms with van der Waals surface area (Å²) in [5, 5.41) is 0. The second-order valence-electron chi connectivity index (χ2n) is 2.93. The summed E-state index contributed by atoms with van der Waals surface area (Å²) >= 11 is 0. The van der Waals surface area contributed by atoms with Gasteiger partial charge in [-0.25, -0.2) is 0 Å². The molecule has 1 aliphatic carbocycles. The lowest BCUT2D eigenvalue weighted by Gasteiger charge is -2.33. The molecule has 2 fully saturated rings. The molecule has 3 nitrogen and oxygen atoms in total. The average Bonchev–Trinajstić information content (AvgIpc) is 2.15. The molecule has 0 aromatic rings. The summed E-state index contributed by atoms with van der Waals surface area (Å²) < 4.78 is 4.89. The highest BCUT2D eigenvalue weighted by Gasteiger charge is 2.49. The van der Waals surface area contributed by atoms with E-state index in [2.05, 4.69) is 0 Å². The van der Waals surface area contributed by atoms with Crippen LogP contribution in [0, 0.1) is 11.8 Å². The Morgan fingerprint density at radius 1 is 1.60 bits per heavy atom. The van der Waals surface area contributed by atoms with E-state index in [0.29, 0.717) is 6.42 Å². The molecule has 1 heterocycles. The predicted molar refractivity (Wildman–Crippen MR) is 32.2 cm³/mol. The maximum Gasteiger partial charge on any atom is 0.306 e. The molecule has 3 atom stereocenters. The van der Waals surface area contributed by atoms with Gasteiger partial charge in [-0.1, -0.05) is 0 Å². The molecule has 2 aliphatic rings. The summed E-state index contributed by atoms with van der Waals surface area (Å²) in [5.74, 6) is 0.167. The summed E-state index contributed by atoms with van der Waals surface area (Å²) in [4.78, 5) is 20.9. The van der Waals surface area contributed by atoms with E-state index in [1.807, 2.05) is 0 Å². The normalized spacial score (nSPS) is 43.6. The van der Waals surface area contributed by atoms with Crippen LogP contribution in [0.2, 0.25) is 0 Å². The minimum Gasteiger partial charge on any atom is -0.462 e. The Hall–Kier alpha value is -0.860. The van der Waals surface area contributed by atoms with Crippen LogP contribution in [0.25, 0.3) is 0 Å². The molecule has 10 heavy (non-hydrogen) atoms. The van der Waals surface area contributed by atoms with E-state index in [4.69, 9.17) is 4.74 Å². The van der Waals surface area contributed by atoms with Gasteiger partial charge < -0.3 is 9.53 Å². The Bertz CT molecular complexity index is 187. The molecule has 1 aliphatic heterocycles. The molecule has 1 saturated carbocycles. The fourth-order valence-electron chi connectivity index (χ4n) is 1.68. The molecule has 54 valence electrons. The number of ether oxygens (including phenoxy) is 1. The third-order valence-corrected chi connectivity index (χ3v) is 2.39. The van der Waals surface area contributed by atoms with Crippen molar-refractivity contribution in [2.45, 2.75) is 18.9 Å². The van der Waals surface area contributed by atoms with E-state index in [-0.39, 0.29) is 23.9 Å². The smallest absolute Gasteiger partial charge is 0.306 e. The van der Waals surface area contributed by atoms with Crippen LogP contribution in [-0.2, 0) is 14.3 Å². The van der Waals surface area contributed by atoms with Gasteiger partial charge in [0.15, 0.2) is 0 Å². The zero-order valence-electron chi connectivity index (χ0n) is 5.45. The van der Waals surface area contributed by atoms with Gasteiger partial charge >= 0.3 is 5.97 Å². The fourth-order valence-corrected chi connectivity index (χ4v) is 1.68. The SMILES string of the molecule is O=CC1C[C@@H]2OC(=O)C[C@H]12. The maximum absolute atomic E-state index is 10.6. The van der Waals surface area contributed by atoms with E-state index in [1.165, 1.54) is 0 Å². The quantitative estimate of drug-likeness (QED) is 0.384. The lowest BCUT2D eigenvalue weighted by atomic mass is 9.72. The lowest BCUT2D eigenvalue weighted by Crippen LogP contribution is -2.38. The van der Waals surface area contributed by atoms with Crippen LogP contribution in [0.3, 0.4) is 0 Å². The summed E-state index contributed by atoms with van der Waals surface area (Å²) in [6.07, 6.45) is 2.21. The average molecular weight is 140 g/mol. The van der Waals surface area contributed by atoms with E-state index >= 15 is 0 Å². The molecule has 1 unspecified atom stereocenters. The highest BCUT2D eigenvalue weighted by atomic mass is 16.6. The third kappa shape index (κ3) is 0.602. The molecule has 0 N–H and O–H groups in total. The molecule has 0 amide bonds. The van der Waals surface area contributed by atoms with Gasteiger partial charge in [-0.2, -0.15) is 0 Å². The number of hydrogen-bond acceptors (Lipinski definition) is 3. The zero-order valence-corrected chi connectivity index (χ0v) is 5.45. The van der Waals surface area contributed by atoms with Crippen molar-refractivity contribution in [3.63, 3.8) is 0 Å². The molecule has 1 saturated heterocycles. The summed E-state index contributed by atoms with van der Waals surface area (Å²) in [5.41, 5.74) is 0. The number of rotatable bonds is 1. The van der Waals surface area contributed by atoms with Gasteiger partial charge in [-0.05, 0) is 6.42 Å². The van der Waals surface area contributed by atoms with Crippen molar-refractivity contribution in [3.05, 3.63) is 0 Å². The van der Waals surface area contributed by atoms with Gasteiger partial charge in [-0.3, -0.25) is 4.79 Å². The Morgan fingerprint density at radius 3 is 3.00 bits per heavy atom. The summed E-state index contributed by atoms with van der Waals surface area (Å²) in [6, 6.07) is 0. The second-order valence-corrected chi connectivity index (χ2v) is 2.93. The Labute approximate surface area is 58.4 Å². The van der Waals surface area contributed by atoms with Crippen LogP contribution in [0.4, 0.5) is 0 Å². The Morgan fingerprint density at radius 2 is 2.40 bits per heavy atom. The first-order valence-corrected chi connectivity index (χ1v) is 3.46. The van der Waals surface area contributed by atoms with Crippen molar-refractivity contribution in [2.24, 2.45) is 11.8 Å². The molecular formula is C7H8O3. The molecule has 3 heteroatoms. The molecule has 0 spiro atoms. The first kappa shape index (κ1) is 5.89.